The zero-order valence-corrected chi connectivity index (χ0v) is 7.07. The maximum atomic E-state index is 13.0. The number of aryl methyl sites for hydroxylation is 1. The van der Waals surface area contributed by atoms with Crippen molar-refractivity contribution in [2.75, 3.05) is 7.11 Å². The largest absolute Gasteiger partial charge is 0.495 e. The first kappa shape index (κ1) is 8.34. The van der Waals surface area contributed by atoms with Crippen LogP contribution in [0.15, 0.2) is 12.1 Å². The van der Waals surface area contributed by atoms with Crippen LogP contribution in [0.2, 0.25) is 5.02 Å². The Morgan fingerprint density at radius 3 is 2.64 bits per heavy atom. The van der Waals surface area contributed by atoms with E-state index >= 15 is 0 Å². The summed E-state index contributed by atoms with van der Waals surface area (Å²) < 4.78 is 17.8. The number of hydrogen-bond donors (Lipinski definition) is 0. The Labute approximate surface area is 69.7 Å². The van der Waals surface area contributed by atoms with E-state index in [9.17, 15) is 4.39 Å². The molecule has 0 N–H and O–H groups in total. The lowest BCUT2D eigenvalue weighted by Gasteiger charge is -2.04. The van der Waals surface area contributed by atoms with Crippen LogP contribution in [0, 0.1) is 12.7 Å². The first-order chi connectivity index (χ1) is 5.16. The molecule has 0 fully saturated rings. The maximum Gasteiger partial charge on any atom is 0.148 e. The average molecular weight is 175 g/mol. The highest BCUT2D eigenvalue weighted by Gasteiger charge is 2.07. The molecule has 1 aromatic carbocycles. The van der Waals surface area contributed by atoms with Crippen molar-refractivity contribution in [3.05, 3.63) is 28.5 Å². The van der Waals surface area contributed by atoms with Crippen molar-refractivity contribution in [3.8, 4) is 5.75 Å². The van der Waals surface area contributed by atoms with Crippen molar-refractivity contribution >= 4 is 11.6 Å². The quantitative estimate of drug-likeness (QED) is 0.636. The average Bonchev–Trinajstić information content (AvgIpc) is 2.01. The number of rotatable bonds is 1. The van der Waals surface area contributed by atoms with E-state index in [1.165, 1.54) is 7.11 Å². The minimum Gasteiger partial charge on any atom is -0.495 e. The molecule has 1 rings (SSSR count). The minimum absolute atomic E-state index is 0.0486. The number of methoxy groups -OCH3 is 1. The van der Waals surface area contributed by atoms with Gasteiger partial charge in [0, 0.05) is 0 Å². The second-order valence-corrected chi connectivity index (χ2v) is 2.59. The number of halogens is 2. The molecular weight excluding hydrogens is 167 g/mol. The van der Waals surface area contributed by atoms with E-state index < -0.39 is 5.82 Å². The summed E-state index contributed by atoms with van der Waals surface area (Å²) in [6, 6.07) is 3.26. The summed E-state index contributed by atoms with van der Waals surface area (Å²) in [5.74, 6) is -0.0409. The van der Waals surface area contributed by atoms with Gasteiger partial charge in [0.2, 0.25) is 0 Å². The predicted molar refractivity (Wildman–Crippen MR) is 42.7 cm³/mol. The van der Waals surface area contributed by atoms with E-state index in [4.69, 9.17) is 16.3 Å². The van der Waals surface area contributed by atoms with Crippen LogP contribution < -0.4 is 4.74 Å². The zero-order chi connectivity index (χ0) is 8.43. The molecule has 60 valence electrons. The monoisotopic (exact) mass is 174 g/mol. The molecule has 0 atom stereocenters. The summed E-state index contributed by atoms with van der Waals surface area (Å²) in [5, 5.41) is 0.0486. The van der Waals surface area contributed by atoms with Crippen LogP contribution >= 0.6 is 11.6 Å². The Hall–Kier alpha value is -0.760. The van der Waals surface area contributed by atoms with Crippen molar-refractivity contribution in [3.63, 3.8) is 0 Å². The predicted octanol–water partition coefficient (Wildman–Crippen LogP) is 2.80. The Bertz CT molecular complexity index is 273. The van der Waals surface area contributed by atoms with Gasteiger partial charge in [-0.2, -0.15) is 0 Å². The van der Waals surface area contributed by atoms with Gasteiger partial charge in [-0.3, -0.25) is 0 Å². The van der Waals surface area contributed by atoms with Gasteiger partial charge < -0.3 is 4.74 Å². The highest BCUT2D eigenvalue weighted by atomic mass is 35.5. The summed E-state index contributed by atoms with van der Waals surface area (Å²) in [6.45, 7) is 1.65. The summed E-state index contributed by atoms with van der Waals surface area (Å²) >= 11 is 5.60. The van der Waals surface area contributed by atoms with E-state index in [2.05, 4.69) is 0 Å². The molecule has 0 radical (unpaired) electrons. The van der Waals surface area contributed by atoms with Gasteiger partial charge in [0.1, 0.15) is 16.6 Å². The molecule has 0 aliphatic heterocycles. The molecule has 0 spiro atoms. The maximum absolute atomic E-state index is 13.0. The Morgan fingerprint density at radius 2 is 2.09 bits per heavy atom. The van der Waals surface area contributed by atoms with Crippen molar-refractivity contribution in [1.82, 2.24) is 0 Å². The zero-order valence-electron chi connectivity index (χ0n) is 6.32. The van der Waals surface area contributed by atoms with Gasteiger partial charge in [0.15, 0.2) is 0 Å². The summed E-state index contributed by atoms with van der Waals surface area (Å²) in [4.78, 5) is 0. The molecule has 0 aromatic heterocycles. The lowest BCUT2D eigenvalue weighted by Crippen LogP contribution is -1.89. The van der Waals surface area contributed by atoms with E-state index in [1.54, 1.807) is 19.1 Å². The molecular formula is C8H8ClFO. The number of ether oxygens (including phenoxy) is 1. The standard InChI is InChI=1S/C8H8ClFO/c1-5-3-4-6(11-2)7(9)8(5)10/h3-4H,1-2H3. The SMILES string of the molecule is COc1ccc(C)c(F)c1Cl. The molecule has 0 bridgehead atoms. The molecule has 0 amide bonds. The molecule has 0 aliphatic carbocycles. The first-order valence-electron chi connectivity index (χ1n) is 3.15. The molecule has 0 aliphatic rings. The fraction of sp³-hybridized carbons (Fsp3) is 0.250. The summed E-state index contributed by atoms with van der Waals surface area (Å²) in [6.07, 6.45) is 0. The summed E-state index contributed by atoms with van der Waals surface area (Å²) in [7, 11) is 1.45. The van der Waals surface area contributed by atoms with Crippen LogP contribution in [0.1, 0.15) is 5.56 Å². The van der Waals surface area contributed by atoms with E-state index in [-0.39, 0.29) is 5.02 Å². The topological polar surface area (TPSA) is 9.23 Å². The van der Waals surface area contributed by atoms with Gasteiger partial charge in [0.05, 0.1) is 7.11 Å². The lowest BCUT2D eigenvalue weighted by atomic mass is 10.2. The van der Waals surface area contributed by atoms with Gasteiger partial charge in [0.25, 0.3) is 0 Å². The van der Waals surface area contributed by atoms with Crippen molar-refractivity contribution in [2.24, 2.45) is 0 Å². The third-order valence-electron chi connectivity index (χ3n) is 1.46. The van der Waals surface area contributed by atoms with Crippen LogP contribution in [0.25, 0.3) is 0 Å². The number of benzene rings is 1. The van der Waals surface area contributed by atoms with Crippen LogP contribution in [0.3, 0.4) is 0 Å². The van der Waals surface area contributed by atoms with Crippen molar-refractivity contribution in [2.45, 2.75) is 6.92 Å². The Balaban J connectivity index is 3.25. The van der Waals surface area contributed by atoms with Crippen LogP contribution in [0.5, 0.6) is 5.75 Å². The van der Waals surface area contributed by atoms with Gasteiger partial charge in [-0.25, -0.2) is 4.39 Å². The summed E-state index contributed by atoms with van der Waals surface area (Å²) in [5.41, 5.74) is 0.524. The highest BCUT2D eigenvalue weighted by molar-refractivity contribution is 6.32. The fourth-order valence-electron chi connectivity index (χ4n) is 0.786. The molecule has 0 unspecified atom stereocenters. The molecule has 11 heavy (non-hydrogen) atoms. The molecule has 1 aromatic rings. The fourth-order valence-corrected chi connectivity index (χ4v) is 1.08. The van der Waals surface area contributed by atoms with Gasteiger partial charge in [-0.1, -0.05) is 17.7 Å². The Kier molecular flexibility index (Phi) is 2.35. The second-order valence-electron chi connectivity index (χ2n) is 2.21. The van der Waals surface area contributed by atoms with Crippen LogP contribution in [-0.2, 0) is 0 Å². The van der Waals surface area contributed by atoms with Gasteiger partial charge in [-0.05, 0) is 18.6 Å². The highest BCUT2D eigenvalue weighted by Crippen LogP contribution is 2.28. The number of hydrogen-bond acceptors (Lipinski definition) is 1. The molecule has 1 nitrogen and oxygen atoms in total. The van der Waals surface area contributed by atoms with E-state index in [0.717, 1.165) is 0 Å². The van der Waals surface area contributed by atoms with Crippen LogP contribution in [-0.4, -0.2) is 7.11 Å². The van der Waals surface area contributed by atoms with Gasteiger partial charge in [-0.15, -0.1) is 0 Å². The second kappa shape index (κ2) is 3.09. The van der Waals surface area contributed by atoms with E-state index in [0.29, 0.717) is 11.3 Å². The molecule has 0 saturated heterocycles. The lowest BCUT2D eigenvalue weighted by molar-refractivity contribution is 0.411. The Morgan fingerprint density at radius 1 is 1.45 bits per heavy atom. The molecule has 3 heteroatoms. The third kappa shape index (κ3) is 1.46. The first-order valence-corrected chi connectivity index (χ1v) is 3.53. The van der Waals surface area contributed by atoms with Crippen molar-refractivity contribution < 1.29 is 9.13 Å². The van der Waals surface area contributed by atoms with Gasteiger partial charge >= 0.3 is 0 Å². The van der Waals surface area contributed by atoms with Crippen molar-refractivity contribution in [1.29, 1.82) is 0 Å². The normalized spacial score (nSPS) is 9.82. The molecule has 0 saturated carbocycles. The molecule has 0 heterocycles. The third-order valence-corrected chi connectivity index (χ3v) is 1.81. The van der Waals surface area contributed by atoms with E-state index in [1.807, 2.05) is 0 Å². The minimum atomic E-state index is -0.411. The van der Waals surface area contributed by atoms with Crippen LogP contribution in [0.4, 0.5) is 4.39 Å². The smallest absolute Gasteiger partial charge is 0.148 e.